The van der Waals surface area contributed by atoms with Crippen LogP contribution in [0.2, 0.25) is 0 Å². The number of nitrogens with zero attached hydrogens (tertiary/aromatic N) is 1. The van der Waals surface area contributed by atoms with Gasteiger partial charge in [-0.2, -0.15) is 0 Å². The molecule has 1 aromatic rings. The van der Waals surface area contributed by atoms with Gasteiger partial charge in [-0.15, -0.1) is 0 Å². The van der Waals surface area contributed by atoms with Gasteiger partial charge < -0.3 is 14.6 Å². The van der Waals surface area contributed by atoms with E-state index in [-0.39, 0.29) is 34.5 Å². The molecule has 0 fully saturated rings. The Labute approximate surface area is 171 Å². The maximum absolute atomic E-state index is 13.0. The second-order valence-electron chi connectivity index (χ2n) is 6.58. The van der Waals surface area contributed by atoms with Crippen LogP contribution in [0.4, 0.5) is 5.69 Å². The molecule has 0 aromatic heterocycles. The Bertz CT molecular complexity index is 881. The van der Waals surface area contributed by atoms with Gasteiger partial charge in [-0.25, -0.2) is 4.79 Å². The van der Waals surface area contributed by atoms with E-state index in [0.717, 1.165) is 23.6 Å². The van der Waals surface area contributed by atoms with Crippen molar-refractivity contribution in [1.82, 2.24) is 0 Å². The number of rotatable bonds is 6. The third-order valence-electron chi connectivity index (χ3n) is 4.12. The van der Waals surface area contributed by atoms with Crippen LogP contribution in [0, 0.1) is 5.92 Å². The summed E-state index contributed by atoms with van der Waals surface area (Å²) < 4.78 is 10.2. The first-order valence-electron chi connectivity index (χ1n) is 8.74. The molecule has 2 rings (SSSR count). The molecule has 1 aromatic carbocycles. The molecule has 29 heavy (non-hydrogen) atoms. The van der Waals surface area contributed by atoms with Gasteiger partial charge in [0.2, 0.25) is 5.91 Å². The van der Waals surface area contributed by atoms with Crippen LogP contribution in [0.3, 0.4) is 0 Å². The Hall–Kier alpha value is -2.88. The zero-order chi connectivity index (χ0) is 21.9. The second kappa shape index (κ2) is 9.08. The molecule has 0 unspecified atom stereocenters. The molecule has 0 aliphatic carbocycles. The maximum Gasteiger partial charge on any atom is 0.327 e. The molecule has 0 saturated heterocycles. The lowest BCUT2D eigenvalue weighted by molar-refractivity contribution is -0.140. The molecule has 1 amide bonds. The molecule has 2 atom stereocenters. The van der Waals surface area contributed by atoms with Crippen LogP contribution in [0.5, 0.6) is 11.5 Å². The van der Waals surface area contributed by atoms with Crippen molar-refractivity contribution in [2.45, 2.75) is 40.2 Å². The number of benzene rings is 1. The third kappa shape index (κ3) is 5.35. The number of anilines is 1. The lowest BCUT2D eigenvalue weighted by Crippen LogP contribution is -2.45. The van der Waals surface area contributed by atoms with Crippen molar-refractivity contribution in [2.24, 2.45) is 5.92 Å². The normalized spacial score (nSPS) is 16.0. The topological polar surface area (TPSA) is 127 Å². The fourth-order valence-corrected chi connectivity index (χ4v) is 3.56. The minimum atomic E-state index is -1.20. The number of carboxylic acid groups (broad SMARTS) is 1. The lowest BCUT2D eigenvalue weighted by Gasteiger charge is -2.26. The molecular formula is C19H21NO8S. The summed E-state index contributed by atoms with van der Waals surface area (Å²) in [5, 5.41) is 9.46. The van der Waals surface area contributed by atoms with Gasteiger partial charge in [0.1, 0.15) is 6.04 Å². The molecule has 1 heterocycles. The van der Waals surface area contributed by atoms with E-state index in [9.17, 15) is 29.1 Å². The molecular weight excluding hydrogens is 402 g/mol. The number of esters is 2. The zero-order valence-corrected chi connectivity index (χ0v) is 17.2. The Morgan fingerprint density at radius 2 is 1.66 bits per heavy atom. The van der Waals surface area contributed by atoms with Crippen molar-refractivity contribution < 1.29 is 38.6 Å². The number of thioether (sulfide) groups is 1. The van der Waals surface area contributed by atoms with Gasteiger partial charge in [-0.3, -0.25) is 24.1 Å². The van der Waals surface area contributed by atoms with Crippen LogP contribution in [-0.2, 0) is 30.4 Å². The zero-order valence-electron chi connectivity index (χ0n) is 16.4. The molecule has 10 heteroatoms. The quantitative estimate of drug-likeness (QED) is 0.538. The summed E-state index contributed by atoms with van der Waals surface area (Å²) >= 11 is 0.978. The van der Waals surface area contributed by atoms with E-state index in [1.165, 1.54) is 26.0 Å². The summed E-state index contributed by atoms with van der Waals surface area (Å²) in [5.41, 5.74) is 0.721. The van der Waals surface area contributed by atoms with Gasteiger partial charge in [-0.05, 0) is 11.6 Å². The molecule has 9 nitrogen and oxygen atoms in total. The maximum atomic E-state index is 13.0. The molecule has 1 aliphatic heterocycles. The first kappa shape index (κ1) is 22.4. The fourth-order valence-electron chi connectivity index (χ4n) is 2.94. The monoisotopic (exact) mass is 423 g/mol. The number of aliphatic carboxylic acids is 1. The summed E-state index contributed by atoms with van der Waals surface area (Å²) in [5.74, 6) is -3.55. The molecule has 156 valence electrons. The van der Waals surface area contributed by atoms with E-state index < -0.39 is 35.8 Å². The molecule has 1 aliphatic rings. The fraction of sp³-hybridized carbons (Fsp3) is 0.421. The van der Waals surface area contributed by atoms with Gasteiger partial charge in [0.15, 0.2) is 16.6 Å². The Balaban J connectivity index is 2.49. The van der Waals surface area contributed by atoms with E-state index in [1.54, 1.807) is 6.92 Å². The number of amides is 1. The number of hydrogen-bond donors (Lipinski definition) is 1. The third-order valence-corrected chi connectivity index (χ3v) is 5.19. The smallest absolute Gasteiger partial charge is 0.327 e. The van der Waals surface area contributed by atoms with Crippen LogP contribution < -0.4 is 14.4 Å². The second-order valence-corrected chi connectivity index (χ2v) is 7.78. The van der Waals surface area contributed by atoms with Crippen molar-refractivity contribution in [3.05, 3.63) is 17.7 Å². The number of hydrogen-bond acceptors (Lipinski definition) is 8. The highest BCUT2D eigenvalue weighted by Gasteiger charge is 2.41. The van der Waals surface area contributed by atoms with Crippen LogP contribution in [0.15, 0.2) is 12.1 Å². The summed E-state index contributed by atoms with van der Waals surface area (Å²) in [7, 11) is 0. The number of carbonyl (C=O) groups is 5. The Morgan fingerprint density at radius 3 is 2.14 bits per heavy atom. The summed E-state index contributed by atoms with van der Waals surface area (Å²) in [6.07, 6.45) is -0.00239. The van der Waals surface area contributed by atoms with Gasteiger partial charge in [0.05, 0.1) is 5.69 Å². The highest BCUT2D eigenvalue weighted by atomic mass is 32.2. The van der Waals surface area contributed by atoms with Crippen LogP contribution in [-0.4, -0.2) is 45.8 Å². The molecule has 0 spiro atoms. The predicted octanol–water partition coefficient (Wildman–Crippen LogP) is 1.80. The van der Waals surface area contributed by atoms with Crippen molar-refractivity contribution in [3.8, 4) is 11.5 Å². The summed E-state index contributed by atoms with van der Waals surface area (Å²) in [6, 6.07) is 1.55. The van der Waals surface area contributed by atoms with E-state index in [2.05, 4.69) is 0 Å². The molecule has 0 radical (unpaired) electrons. The highest BCUT2D eigenvalue weighted by molar-refractivity contribution is 8.13. The largest absolute Gasteiger partial charge is 0.480 e. The Kier molecular flexibility index (Phi) is 7.02. The van der Waals surface area contributed by atoms with E-state index in [4.69, 9.17) is 9.47 Å². The van der Waals surface area contributed by atoms with Gasteiger partial charge in [0.25, 0.3) is 0 Å². The minimum Gasteiger partial charge on any atom is -0.480 e. The van der Waals surface area contributed by atoms with Gasteiger partial charge in [0, 0.05) is 44.9 Å². The van der Waals surface area contributed by atoms with Gasteiger partial charge in [-0.1, -0.05) is 18.7 Å². The van der Waals surface area contributed by atoms with Crippen LogP contribution in [0.25, 0.3) is 0 Å². The van der Waals surface area contributed by atoms with E-state index in [0.29, 0.717) is 5.56 Å². The van der Waals surface area contributed by atoms with Crippen molar-refractivity contribution in [2.75, 3.05) is 10.7 Å². The molecule has 0 saturated carbocycles. The molecule has 0 bridgehead atoms. The summed E-state index contributed by atoms with van der Waals surface area (Å²) in [4.78, 5) is 59.9. The van der Waals surface area contributed by atoms with Crippen molar-refractivity contribution >= 4 is 46.4 Å². The van der Waals surface area contributed by atoms with Crippen LogP contribution in [0.1, 0.15) is 33.3 Å². The first-order chi connectivity index (χ1) is 13.5. The van der Waals surface area contributed by atoms with E-state index >= 15 is 0 Å². The first-order valence-corrected chi connectivity index (χ1v) is 9.72. The highest BCUT2D eigenvalue weighted by Crippen LogP contribution is 2.42. The van der Waals surface area contributed by atoms with Crippen molar-refractivity contribution in [1.29, 1.82) is 0 Å². The number of ether oxygens (including phenoxy) is 2. The predicted molar refractivity (Wildman–Crippen MR) is 104 cm³/mol. The standard InChI is InChI=1S/C19H21NO8S/c1-9(8-29-12(4)23)18(24)20-14-7-17(28-11(3)22)16(27-10(2)21)6-13(14)5-15(20)19(25)26/h6-7,9,15H,5,8H2,1-4H3,(H,25,26)/t9-,15+/m1/s1. The van der Waals surface area contributed by atoms with Gasteiger partial charge >= 0.3 is 17.9 Å². The SMILES string of the molecule is CC(=O)Oc1cc2c(cc1OC(C)=O)N(C(=O)[C@H](C)CSC(C)=O)[C@H](C(=O)O)C2. The average Bonchev–Trinajstić information content (AvgIpc) is 2.96. The minimum absolute atomic E-state index is 0.00239. The lowest BCUT2D eigenvalue weighted by atomic mass is 10.1. The number of carbonyl (C=O) groups excluding carboxylic acids is 4. The Morgan fingerprint density at radius 1 is 1.10 bits per heavy atom. The van der Waals surface area contributed by atoms with Crippen molar-refractivity contribution in [3.63, 3.8) is 0 Å². The number of fused-ring (bicyclic) bond motifs is 1. The summed E-state index contributed by atoms with van der Waals surface area (Å²) in [6.45, 7) is 5.33. The number of carboxylic acids is 1. The average molecular weight is 423 g/mol. The van der Waals surface area contributed by atoms with E-state index in [1.807, 2.05) is 0 Å². The molecule has 1 N–H and O–H groups in total. The van der Waals surface area contributed by atoms with Crippen LogP contribution >= 0.6 is 11.8 Å².